The van der Waals surface area contributed by atoms with Crippen molar-refractivity contribution in [1.82, 2.24) is 10.2 Å². The van der Waals surface area contributed by atoms with E-state index in [9.17, 15) is 0 Å². The number of nitrogens with zero attached hydrogens (tertiary/aromatic N) is 1. The molecule has 0 aromatic heterocycles. The molecule has 1 aliphatic heterocycles. The second-order valence-corrected chi connectivity index (χ2v) is 5.61. The summed E-state index contributed by atoms with van der Waals surface area (Å²) >= 11 is 0. The highest BCUT2D eigenvalue weighted by molar-refractivity contribution is 5.28. The first-order chi connectivity index (χ1) is 9.81. The molecule has 1 aromatic rings. The van der Waals surface area contributed by atoms with Gasteiger partial charge < -0.3 is 10.1 Å². The molecule has 1 aliphatic rings. The first-order valence-corrected chi connectivity index (χ1v) is 7.90. The van der Waals surface area contributed by atoms with Gasteiger partial charge in [-0.15, -0.1) is 0 Å². The number of ether oxygens (including phenoxy) is 1. The molecule has 0 bridgehead atoms. The number of hydrogen-bond donors (Lipinski definition) is 1. The molecule has 1 atom stereocenters. The van der Waals surface area contributed by atoms with Crippen LogP contribution < -0.4 is 5.32 Å². The third kappa shape index (κ3) is 4.58. The molecule has 3 nitrogen and oxygen atoms in total. The molecule has 112 valence electrons. The first kappa shape index (κ1) is 15.5. The van der Waals surface area contributed by atoms with E-state index in [1.165, 1.54) is 24.0 Å². The lowest BCUT2D eigenvalue weighted by Gasteiger charge is -2.29. The van der Waals surface area contributed by atoms with Gasteiger partial charge in [-0.2, -0.15) is 0 Å². The number of hydrogen-bond acceptors (Lipinski definition) is 3. The van der Waals surface area contributed by atoms with Crippen LogP contribution in [-0.4, -0.2) is 44.3 Å². The van der Waals surface area contributed by atoms with Crippen LogP contribution in [0.1, 0.15) is 36.9 Å². The Labute approximate surface area is 123 Å². The summed E-state index contributed by atoms with van der Waals surface area (Å²) in [5, 5.41) is 3.71. The van der Waals surface area contributed by atoms with Crippen LogP contribution >= 0.6 is 0 Å². The highest BCUT2D eigenvalue weighted by atomic mass is 16.5. The molecular formula is C17H28N2O. The molecule has 1 heterocycles. The second kappa shape index (κ2) is 8.40. The van der Waals surface area contributed by atoms with Crippen LogP contribution in [0, 0.1) is 6.92 Å². The van der Waals surface area contributed by atoms with E-state index in [4.69, 9.17) is 4.74 Å². The van der Waals surface area contributed by atoms with Gasteiger partial charge in [0.05, 0.1) is 13.2 Å². The summed E-state index contributed by atoms with van der Waals surface area (Å²) in [7, 11) is 0. The third-order valence-electron chi connectivity index (χ3n) is 4.04. The highest BCUT2D eigenvalue weighted by Gasteiger charge is 2.16. The van der Waals surface area contributed by atoms with Gasteiger partial charge in [0.2, 0.25) is 0 Å². The lowest BCUT2D eigenvalue weighted by Crippen LogP contribution is -2.38. The summed E-state index contributed by atoms with van der Waals surface area (Å²) in [5.74, 6) is 0. The summed E-state index contributed by atoms with van der Waals surface area (Å²) < 4.78 is 5.42. The van der Waals surface area contributed by atoms with Gasteiger partial charge >= 0.3 is 0 Å². The summed E-state index contributed by atoms with van der Waals surface area (Å²) in [4.78, 5) is 2.52. The number of rotatable bonds is 7. The Morgan fingerprint density at radius 2 is 2.00 bits per heavy atom. The zero-order valence-corrected chi connectivity index (χ0v) is 12.9. The lowest BCUT2D eigenvalue weighted by molar-refractivity contribution is 0.0361. The van der Waals surface area contributed by atoms with Crippen molar-refractivity contribution in [3.63, 3.8) is 0 Å². The Bertz CT molecular complexity index is 388. The van der Waals surface area contributed by atoms with Crippen molar-refractivity contribution >= 4 is 0 Å². The largest absolute Gasteiger partial charge is 0.379 e. The molecular weight excluding hydrogens is 248 g/mol. The number of benzene rings is 1. The van der Waals surface area contributed by atoms with E-state index >= 15 is 0 Å². The van der Waals surface area contributed by atoms with Crippen LogP contribution in [0.2, 0.25) is 0 Å². The Hall–Kier alpha value is -0.900. The van der Waals surface area contributed by atoms with Crippen LogP contribution in [0.5, 0.6) is 0 Å². The van der Waals surface area contributed by atoms with E-state index in [1.807, 2.05) is 0 Å². The summed E-state index contributed by atoms with van der Waals surface area (Å²) in [6.45, 7) is 10.6. The van der Waals surface area contributed by atoms with Gasteiger partial charge in [-0.25, -0.2) is 0 Å². The molecule has 0 saturated carbocycles. The Morgan fingerprint density at radius 3 is 2.70 bits per heavy atom. The SMILES string of the molecule is CCCNC(CCN1CCOCC1)c1ccccc1C. The van der Waals surface area contributed by atoms with Crippen LogP contribution in [0.3, 0.4) is 0 Å². The van der Waals surface area contributed by atoms with Crippen LogP contribution in [0.4, 0.5) is 0 Å². The fraction of sp³-hybridized carbons (Fsp3) is 0.647. The smallest absolute Gasteiger partial charge is 0.0594 e. The fourth-order valence-corrected chi connectivity index (χ4v) is 2.80. The fourth-order valence-electron chi connectivity index (χ4n) is 2.80. The molecule has 20 heavy (non-hydrogen) atoms. The van der Waals surface area contributed by atoms with Gasteiger partial charge in [-0.05, 0) is 37.4 Å². The molecule has 1 aromatic carbocycles. The van der Waals surface area contributed by atoms with Gasteiger partial charge in [0.1, 0.15) is 0 Å². The van der Waals surface area contributed by atoms with Crippen molar-refractivity contribution in [1.29, 1.82) is 0 Å². The molecule has 2 rings (SSSR count). The Kier molecular flexibility index (Phi) is 6.51. The van der Waals surface area contributed by atoms with Crippen LogP contribution in [0.25, 0.3) is 0 Å². The van der Waals surface area contributed by atoms with Gasteiger partial charge in [0.25, 0.3) is 0 Å². The lowest BCUT2D eigenvalue weighted by atomic mass is 9.98. The van der Waals surface area contributed by atoms with Gasteiger partial charge in [0.15, 0.2) is 0 Å². The van der Waals surface area contributed by atoms with Crippen LogP contribution in [-0.2, 0) is 4.74 Å². The average molecular weight is 276 g/mol. The average Bonchev–Trinajstić information content (AvgIpc) is 2.49. The first-order valence-electron chi connectivity index (χ1n) is 7.90. The van der Waals surface area contributed by atoms with Crippen molar-refractivity contribution in [2.45, 2.75) is 32.7 Å². The van der Waals surface area contributed by atoms with E-state index in [-0.39, 0.29) is 0 Å². The molecule has 3 heteroatoms. The standard InChI is InChI=1S/C17H28N2O/c1-3-9-18-17(16-7-5-4-6-15(16)2)8-10-19-11-13-20-14-12-19/h4-7,17-18H,3,8-14H2,1-2H3. The van der Waals surface area contributed by atoms with Gasteiger partial charge in [0, 0.05) is 25.7 Å². The zero-order valence-electron chi connectivity index (χ0n) is 12.9. The molecule has 1 N–H and O–H groups in total. The highest BCUT2D eigenvalue weighted by Crippen LogP contribution is 2.21. The zero-order chi connectivity index (χ0) is 14.2. The molecule has 0 amide bonds. The third-order valence-corrected chi connectivity index (χ3v) is 4.04. The topological polar surface area (TPSA) is 24.5 Å². The molecule has 0 spiro atoms. The predicted molar refractivity (Wildman–Crippen MR) is 84.1 cm³/mol. The monoisotopic (exact) mass is 276 g/mol. The van der Waals surface area contributed by atoms with E-state index in [1.54, 1.807) is 0 Å². The van der Waals surface area contributed by atoms with Gasteiger partial charge in [-0.1, -0.05) is 31.2 Å². The summed E-state index contributed by atoms with van der Waals surface area (Å²) in [6, 6.07) is 9.22. The van der Waals surface area contributed by atoms with E-state index < -0.39 is 0 Å². The number of morpholine rings is 1. The summed E-state index contributed by atoms with van der Waals surface area (Å²) in [6.07, 6.45) is 2.35. The maximum Gasteiger partial charge on any atom is 0.0594 e. The van der Waals surface area contributed by atoms with Crippen molar-refractivity contribution in [2.75, 3.05) is 39.4 Å². The number of aryl methyl sites for hydroxylation is 1. The van der Waals surface area contributed by atoms with E-state index in [0.717, 1.165) is 39.4 Å². The van der Waals surface area contributed by atoms with Crippen molar-refractivity contribution < 1.29 is 4.74 Å². The molecule has 0 radical (unpaired) electrons. The summed E-state index contributed by atoms with van der Waals surface area (Å²) in [5.41, 5.74) is 2.84. The van der Waals surface area contributed by atoms with E-state index in [2.05, 4.69) is 48.3 Å². The quantitative estimate of drug-likeness (QED) is 0.829. The molecule has 0 aliphatic carbocycles. The Morgan fingerprint density at radius 1 is 1.25 bits per heavy atom. The van der Waals surface area contributed by atoms with Gasteiger partial charge in [-0.3, -0.25) is 4.90 Å². The minimum absolute atomic E-state index is 0.471. The van der Waals surface area contributed by atoms with Crippen molar-refractivity contribution in [3.05, 3.63) is 35.4 Å². The minimum atomic E-state index is 0.471. The van der Waals surface area contributed by atoms with E-state index in [0.29, 0.717) is 6.04 Å². The second-order valence-electron chi connectivity index (χ2n) is 5.61. The predicted octanol–water partition coefficient (Wildman–Crippen LogP) is 2.76. The molecule has 1 fully saturated rings. The number of nitrogens with one attached hydrogen (secondary N) is 1. The van der Waals surface area contributed by atoms with Crippen molar-refractivity contribution in [2.24, 2.45) is 0 Å². The molecule has 1 saturated heterocycles. The Balaban J connectivity index is 1.94. The molecule has 1 unspecified atom stereocenters. The van der Waals surface area contributed by atoms with Crippen molar-refractivity contribution in [3.8, 4) is 0 Å². The normalized spacial score (nSPS) is 18.1. The maximum atomic E-state index is 5.42. The minimum Gasteiger partial charge on any atom is -0.379 e. The maximum absolute atomic E-state index is 5.42. The van der Waals surface area contributed by atoms with Crippen LogP contribution in [0.15, 0.2) is 24.3 Å².